The first-order chi connectivity index (χ1) is 13.2. The SMILES string of the molecule is CC(C)N1CCC(CCCC(=O)c2ccc3c(c2)CCN(S(C)(=O)=O)C3)CC1. The van der Waals surface area contributed by atoms with Crippen molar-refractivity contribution in [2.24, 2.45) is 5.92 Å². The molecule has 156 valence electrons. The second-order valence-corrected chi connectivity index (χ2v) is 10.7. The maximum absolute atomic E-state index is 12.6. The van der Waals surface area contributed by atoms with Gasteiger partial charge >= 0.3 is 0 Å². The van der Waals surface area contributed by atoms with E-state index >= 15 is 0 Å². The molecular weight excluding hydrogens is 372 g/mol. The van der Waals surface area contributed by atoms with Crippen molar-refractivity contribution in [3.63, 3.8) is 0 Å². The monoisotopic (exact) mass is 406 g/mol. The fourth-order valence-electron chi connectivity index (χ4n) is 4.44. The Balaban J connectivity index is 1.48. The number of sulfonamides is 1. The van der Waals surface area contributed by atoms with Crippen LogP contribution >= 0.6 is 0 Å². The number of ketones is 1. The summed E-state index contributed by atoms with van der Waals surface area (Å²) in [5.74, 6) is 0.973. The highest BCUT2D eigenvalue weighted by molar-refractivity contribution is 7.88. The quantitative estimate of drug-likeness (QED) is 0.651. The topological polar surface area (TPSA) is 57.7 Å². The van der Waals surface area contributed by atoms with E-state index in [2.05, 4.69) is 18.7 Å². The summed E-state index contributed by atoms with van der Waals surface area (Å²) in [6, 6.07) is 6.42. The summed E-state index contributed by atoms with van der Waals surface area (Å²) in [5.41, 5.74) is 2.91. The molecule has 0 aromatic heterocycles. The lowest BCUT2D eigenvalue weighted by atomic mass is 9.89. The highest BCUT2D eigenvalue weighted by Gasteiger charge is 2.24. The van der Waals surface area contributed by atoms with Crippen molar-refractivity contribution in [2.75, 3.05) is 25.9 Å². The molecule has 5 nitrogen and oxygen atoms in total. The van der Waals surface area contributed by atoms with E-state index in [0.29, 0.717) is 32.0 Å². The summed E-state index contributed by atoms with van der Waals surface area (Å²) >= 11 is 0. The second-order valence-electron chi connectivity index (χ2n) is 8.72. The predicted molar refractivity (Wildman–Crippen MR) is 113 cm³/mol. The molecule has 1 aromatic rings. The van der Waals surface area contributed by atoms with E-state index in [1.165, 1.54) is 36.5 Å². The third-order valence-corrected chi connectivity index (χ3v) is 7.62. The highest BCUT2D eigenvalue weighted by Crippen LogP contribution is 2.25. The van der Waals surface area contributed by atoms with Gasteiger partial charge < -0.3 is 4.90 Å². The zero-order chi connectivity index (χ0) is 20.3. The molecule has 0 spiro atoms. The van der Waals surface area contributed by atoms with Crippen molar-refractivity contribution in [2.45, 2.75) is 65.0 Å². The van der Waals surface area contributed by atoms with Crippen molar-refractivity contribution < 1.29 is 13.2 Å². The van der Waals surface area contributed by atoms with E-state index in [1.807, 2.05) is 18.2 Å². The molecule has 1 fully saturated rings. The van der Waals surface area contributed by atoms with Crippen LogP contribution in [-0.4, -0.2) is 55.3 Å². The minimum Gasteiger partial charge on any atom is -0.301 e. The Morgan fingerprint density at radius 2 is 1.86 bits per heavy atom. The lowest BCUT2D eigenvalue weighted by Crippen LogP contribution is -2.38. The number of benzene rings is 1. The number of piperidine rings is 1. The molecule has 0 radical (unpaired) electrons. The number of hydrogen-bond donors (Lipinski definition) is 0. The standard InChI is InChI=1S/C22H34N2O3S/c1-17(2)23-12-9-18(10-13-23)5-4-6-22(25)20-7-8-21-16-24(28(3,26)27)14-11-19(21)15-20/h7-8,15,17-18H,4-6,9-14,16H2,1-3H3. The Morgan fingerprint density at radius 3 is 2.50 bits per heavy atom. The zero-order valence-electron chi connectivity index (χ0n) is 17.5. The Kier molecular flexibility index (Phi) is 6.94. The molecule has 2 aliphatic heterocycles. The van der Waals surface area contributed by atoms with E-state index in [4.69, 9.17) is 0 Å². The molecule has 3 rings (SSSR count). The normalized spacial score (nSPS) is 19.7. The first kappa shape index (κ1) is 21.5. The minimum absolute atomic E-state index is 0.216. The van der Waals surface area contributed by atoms with Crippen molar-refractivity contribution in [3.8, 4) is 0 Å². The zero-order valence-corrected chi connectivity index (χ0v) is 18.3. The lowest BCUT2D eigenvalue weighted by molar-refractivity contribution is 0.0972. The molecule has 2 aliphatic rings. The summed E-state index contributed by atoms with van der Waals surface area (Å²) in [7, 11) is -3.16. The number of fused-ring (bicyclic) bond motifs is 1. The molecule has 1 aromatic carbocycles. The number of carbonyl (C=O) groups excluding carboxylic acids is 1. The van der Waals surface area contributed by atoms with Crippen molar-refractivity contribution in [1.82, 2.24) is 9.21 Å². The van der Waals surface area contributed by atoms with Crippen LogP contribution in [0.4, 0.5) is 0 Å². The van der Waals surface area contributed by atoms with Crippen LogP contribution in [0, 0.1) is 5.92 Å². The smallest absolute Gasteiger partial charge is 0.211 e. The lowest BCUT2D eigenvalue weighted by Gasteiger charge is -2.34. The molecule has 0 saturated carbocycles. The number of carbonyl (C=O) groups is 1. The fourth-order valence-corrected chi connectivity index (χ4v) is 5.23. The average molecular weight is 407 g/mol. The van der Waals surface area contributed by atoms with Gasteiger partial charge in [-0.05, 0) is 82.2 Å². The Bertz CT molecular complexity index is 796. The summed E-state index contributed by atoms with van der Waals surface area (Å²) in [6.07, 6.45) is 7.15. The average Bonchev–Trinajstić information content (AvgIpc) is 2.66. The van der Waals surface area contributed by atoms with Gasteiger partial charge in [0.2, 0.25) is 10.0 Å². The van der Waals surface area contributed by atoms with Gasteiger partial charge in [0.15, 0.2) is 5.78 Å². The van der Waals surface area contributed by atoms with Gasteiger partial charge in [0.05, 0.1) is 6.26 Å². The second kappa shape index (κ2) is 9.06. The molecular formula is C22H34N2O3S. The Labute approximate surface area is 170 Å². The summed E-state index contributed by atoms with van der Waals surface area (Å²) in [6.45, 7) is 7.81. The van der Waals surface area contributed by atoms with Crippen LogP contribution in [0.3, 0.4) is 0 Å². The van der Waals surface area contributed by atoms with Gasteiger partial charge in [-0.3, -0.25) is 4.79 Å². The number of rotatable bonds is 7. The molecule has 0 aliphatic carbocycles. The number of nitrogens with zero attached hydrogens (tertiary/aromatic N) is 2. The molecule has 0 unspecified atom stereocenters. The van der Waals surface area contributed by atoms with Crippen LogP contribution in [-0.2, 0) is 23.0 Å². The summed E-state index contributed by atoms with van der Waals surface area (Å²) in [5, 5.41) is 0. The molecule has 1 saturated heterocycles. The van der Waals surface area contributed by atoms with Crippen LogP contribution in [0.15, 0.2) is 18.2 Å². The molecule has 28 heavy (non-hydrogen) atoms. The van der Waals surface area contributed by atoms with Crippen LogP contribution in [0.1, 0.15) is 67.4 Å². The van der Waals surface area contributed by atoms with E-state index < -0.39 is 10.0 Å². The summed E-state index contributed by atoms with van der Waals surface area (Å²) < 4.78 is 25.0. The number of hydrogen-bond acceptors (Lipinski definition) is 4. The number of likely N-dealkylation sites (tertiary alicyclic amines) is 1. The van der Waals surface area contributed by atoms with E-state index in [0.717, 1.165) is 35.4 Å². The fraction of sp³-hybridized carbons (Fsp3) is 0.682. The van der Waals surface area contributed by atoms with Crippen molar-refractivity contribution in [3.05, 3.63) is 34.9 Å². The molecule has 2 heterocycles. The maximum Gasteiger partial charge on any atom is 0.211 e. The van der Waals surface area contributed by atoms with Gasteiger partial charge in [0.25, 0.3) is 0 Å². The van der Waals surface area contributed by atoms with E-state index in [9.17, 15) is 13.2 Å². The third-order valence-electron chi connectivity index (χ3n) is 6.37. The van der Waals surface area contributed by atoms with Crippen LogP contribution in [0.5, 0.6) is 0 Å². The Morgan fingerprint density at radius 1 is 1.14 bits per heavy atom. The van der Waals surface area contributed by atoms with Gasteiger partial charge in [0.1, 0.15) is 0 Å². The minimum atomic E-state index is -3.16. The molecule has 0 amide bonds. The van der Waals surface area contributed by atoms with Crippen LogP contribution in [0.2, 0.25) is 0 Å². The van der Waals surface area contributed by atoms with Gasteiger partial charge in [-0.1, -0.05) is 12.1 Å². The van der Waals surface area contributed by atoms with Crippen LogP contribution < -0.4 is 0 Å². The molecule has 0 atom stereocenters. The molecule has 0 N–H and O–H groups in total. The first-order valence-corrected chi connectivity index (χ1v) is 12.4. The van der Waals surface area contributed by atoms with Gasteiger partial charge in [0, 0.05) is 31.1 Å². The van der Waals surface area contributed by atoms with Crippen LogP contribution in [0.25, 0.3) is 0 Å². The summed E-state index contributed by atoms with van der Waals surface area (Å²) in [4.78, 5) is 15.2. The maximum atomic E-state index is 12.6. The molecule has 6 heteroatoms. The first-order valence-electron chi connectivity index (χ1n) is 10.6. The largest absolute Gasteiger partial charge is 0.301 e. The predicted octanol–water partition coefficient (Wildman–Crippen LogP) is 3.48. The van der Waals surface area contributed by atoms with Gasteiger partial charge in [-0.15, -0.1) is 0 Å². The number of Topliss-reactive ketones (excluding diaryl/α,β-unsaturated/α-hetero) is 1. The molecule has 0 bridgehead atoms. The van der Waals surface area contributed by atoms with Crippen molar-refractivity contribution >= 4 is 15.8 Å². The van der Waals surface area contributed by atoms with E-state index in [1.54, 1.807) is 0 Å². The third kappa shape index (κ3) is 5.43. The highest BCUT2D eigenvalue weighted by atomic mass is 32.2. The van der Waals surface area contributed by atoms with Gasteiger partial charge in [-0.2, -0.15) is 4.31 Å². The van der Waals surface area contributed by atoms with Crippen molar-refractivity contribution in [1.29, 1.82) is 0 Å². The van der Waals surface area contributed by atoms with E-state index in [-0.39, 0.29) is 5.78 Å². The van der Waals surface area contributed by atoms with Gasteiger partial charge in [-0.25, -0.2) is 8.42 Å². The Hall–Kier alpha value is -1.24.